The van der Waals surface area contributed by atoms with Gasteiger partial charge < -0.3 is 14.8 Å². The summed E-state index contributed by atoms with van der Waals surface area (Å²) >= 11 is 1.67. The number of carbonyl (C=O) groups is 1. The number of aromatic nitrogens is 1. The number of ether oxygens (including phenoxy) is 2. The number of para-hydroxylation sites is 2. The Hall–Kier alpha value is -2.44. The van der Waals surface area contributed by atoms with Crippen LogP contribution in [0, 0.1) is 0 Å². The fourth-order valence-electron chi connectivity index (χ4n) is 2.54. The number of methoxy groups -OCH3 is 1. The van der Waals surface area contributed by atoms with Crippen LogP contribution in [0.1, 0.15) is 28.2 Å². The number of rotatable bonds is 8. The second-order valence-electron chi connectivity index (χ2n) is 5.97. The first-order valence-corrected chi connectivity index (χ1v) is 9.35. The van der Waals surface area contributed by atoms with Gasteiger partial charge in [-0.05, 0) is 24.3 Å². The van der Waals surface area contributed by atoms with Gasteiger partial charge in [-0.3, -0.25) is 4.79 Å². The molecule has 1 unspecified atom stereocenters. The molecule has 0 spiro atoms. The number of nitrogens with zero attached hydrogens (tertiary/aromatic N) is 1. The van der Waals surface area contributed by atoms with Crippen molar-refractivity contribution in [3.63, 3.8) is 0 Å². The smallest absolute Gasteiger partial charge is 0.255 e. The molecule has 0 radical (unpaired) electrons. The van der Waals surface area contributed by atoms with Crippen LogP contribution in [-0.4, -0.2) is 37.8 Å². The highest BCUT2D eigenvalue weighted by Crippen LogP contribution is 2.27. The lowest BCUT2D eigenvalue weighted by Gasteiger charge is -2.13. The lowest BCUT2D eigenvalue weighted by molar-refractivity contribution is 0.0944. The summed E-state index contributed by atoms with van der Waals surface area (Å²) in [4.78, 5) is 17.2. The molecule has 0 aliphatic rings. The van der Waals surface area contributed by atoms with E-state index >= 15 is 0 Å². The zero-order valence-electron chi connectivity index (χ0n) is 14.9. The van der Waals surface area contributed by atoms with E-state index in [1.807, 2.05) is 30.3 Å². The predicted molar refractivity (Wildman–Crippen MR) is 104 cm³/mol. The molecule has 6 heteroatoms. The second-order valence-corrected chi connectivity index (χ2v) is 7.03. The van der Waals surface area contributed by atoms with Crippen LogP contribution >= 0.6 is 11.3 Å². The summed E-state index contributed by atoms with van der Waals surface area (Å²) in [5.74, 6) is 0.554. The summed E-state index contributed by atoms with van der Waals surface area (Å²) in [5.41, 5.74) is 1.53. The van der Waals surface area contributed by atoms with Crippen molar-refractivity contribution in [2.75, 3.05) is 26.9 Å². The SMILES string of the molecule is COCCOc1ccccc1C(=O)NCC(C)c1nc2ccccc2s1. The minimum absolute atomic E-state index is 0.137. The predicted octanol–water partition coefficient (Wildman–Crippen LogP) is 3.86. The molecule has 0 bridgehead atoms. The minimum atomic E-state index is -0.147. The molecule has 26 heavy (non-hydrogen) atoms. The lowest BCUT2D eigenvalue weighted by atomic mass is 10.1. The number of amides is 1. The van der Waals surface area contributed by atoms with E-state index in [0.717, 1.165) is 15.2 Å². The normalized spacial score (nSPS) is 12.1. The van der Waals surface area contributed by atoms with Crippen molar-refractivity contribution >= 4 is 27.5 Å². The maximum Gasteiger partial charge on any atom is 0.255 e. The van der Waals surface area contributed by atoms with Gasteiger partial charge in [0.25, 0.3) is 5.91 Å². The van der Waals surface area contributed by atoms with Gasteiger partial charge in [0, 0.05) is 19.6 Å². The summed E-state index contributed by atoms with van der Waals surface area (Å²) in [5, 5.41) is 4.01. The third-order valence-electron chi connectivity index (χ3n) is 3.98. The van der Waals surface area contributed by atoms with Crippen LogP contribution in [0.15, 0.2) is 48.5 Å². The van der Waals surface area contributed by atoms with Gasteiger partial charge in [-0.2, -0.15) is 0 Å². The Bertz CT molecular complexity index is 845. The van der Waals surface area contributed by atoms with E-state index in [2.05, 4.69) is 23.3 Å². The Labute approximate surface area is 157 Å². The van der Waals surface area contributed by atoms with E-state index in [1.54, 1.807) is 30.6 Å². The summed E-state index contributed by atoms with van der Waals surface area (Å²) in [7, 11) is 1.62. The summed E-state index contributed by atoms with van der Waals surface area (Å²) in [6, 6.07) is 15.3. The highest BCUT2D eigenvalue weighted by atomic mass is 32.1. The zero-order valence-corrected chi connectivity index (χ0v) is 15.7. The van der Waals surface area contributed by atoms with Gasteiger partial charge in [-0.25, -0.2) is 4.98 Å². The summed E-state index contributed by atoms with van der Waals surface area (Å²) in [6.07, 6.45) is 0. The molecular weight excluding hydrogens is 348 g/mol. The number of hydrogen-bond donors (Lipinski definition) is 1. The highest BCUT2D eigenvalue weighted by Gasteiger charge is 2.16. The lowest BCUT2D eigenvalue weighted by Crippen LogP contribution is -2.28. The van der Waals surface area contributed by atoms with Crippen molar-refractivity contribution in [3.05, 3.63) is 59.1 Å². The van der Waals surface area contributed by atoms with Crippen molar-refractivity contribution in [2.24, 2.45) is 0 Å². The zero-order chi connectivity index (χ0) is 18.4. The number of benzene rings is 2. The maximum absolute atomic E-state index is 12.6. The molecule has 0 saturated carbocycles. The molecule has 3 rings (SSSR count). The van der Waals surface area contributed by atoms with Crippen LogP contribution in [0.2, 0.25) is 0 Å². The largest absolute Gasteiger partial charge is 0.490 e. The quantitative estimate of drug-likeness (QED) is 0.612. The number of hydrogen-bond acceptors (Lipinski definition) is 5. The van der Waals surface area contributed by atoms with Crippen molar-refractivity contribution in [1.82, 2.24) is 10.3 Å². The molecule has 1 heterocycles. The van der Waals surface area contributed by atoms with E-state index in [9.17, 15) is 4.79 Å². The van der Waals surface area contributed by atoms with Crippen LogP contribution in [0.5, 0.6) is 5.75 Å². The fourth-order valence-corrected chi connectivity index (χ4v) is 3.56. The molecule has 1 amide bonds. The van der Waals surface area contributed by atoms with E-state index < -0.39 is 0 Å². The highest BCUT2D eigenvalue weighted by molar-refractivity contribution is 7.18. The number of nitrogens with one attached hydrogen (secondary N) is 1. The topological polar surface area (TPSA) is 60.5 Å². The molecule has 1 aromatic heterocycles. The standard InChI is InChI=1S/C20H22N2O3S/c1-14(20-22-16-8-4-6-10-18(16)26-20)13-21-19(23)15-7-3-5-9-17(15)25-12-11-24-2/h3-10,14H,11-13H2,1-2H3,(H,21,23). The van der Waals surface area contributed by atoms with Crippen molar-refractivity contribution < 1.29 is 14.3 Å². The molecule has 1 atom stereocenters. The Morgan fingerprint density at radius 2 is 1.92 bits per heavy atom. The molecular formula is C20H22N2O3S. The van der Waals surface area contributed by atoms with Crippen molar-refractivity contribution in [3.8, 4) is 5.75 Å². The van der Waals surface area contributed by atoms with Gasteiger partial charge in [0.1, 0.15) is 12.4 Å². The van der Waals surface area contributed by atoms with Crippen LogP contribution in [0.4, 0.5) is 0 Å². The van der Waals surface area contributed by atoms with Crippen LogP contribution < -0.4 is 10.1 Å². The van der Waals surface area contributed by atoms with Crippen LogP contribution in [0.3, 0.4) is 0 Å². The van der Waals surface area contributed by atoms with Crippen molar-refractivity contribution in [2.45, 2.75) is 12.8 Å². The second kappa shape index (κ2) is 8.78. The number of fused-ring (bicyclic) bond motifs is 1. The number of carbonyl (C=O) groups excluding carboxylic acids is 1. The molecule has 0 aliphatic heterocycles. The van der Waals surface area contributed by atoms with E-state index in [-0.39, 0.29) is 11.8 Å². The molecule has 0 fully saturated rings. The van der Waals surface area contributed by atoms with Crippen molar-refractivity contribution in [1.29, 1.82) is 0 Å². The Morgan fingerprint density at radius 3 is 2.73 bits per heavy atom. The average molecular weight is 370 g/mol. The third kappa shape index (κ3) is 4.39. The molecule has 0 saturated heterocycles. The first-order chi connectivity index (χ1) is 12.7. The van der Waals surface area contributed by atoms with Gasteiger partial charge in [0.2, 0.25) is 0 Å². The molecule has 5 nitrogen and oxygen atoms in total. The third-order valence-corrected chi connectivity index (χ3v) is 5.25. The van der Waals surface area contributed by atoms with Gasteiger partial charge >= 0.3 is 0 Å². The van der Waals surface area contributed by atoms with Gasteiger partial charge in [-0.15, -0.1) is 11.3 Å². The van der Waals surface area contributed by atoms with Gasteiger partial charge in [-0.1, -0.05) is 31.2 Å². The summed E-state index contributed by atoms with van der Waals surface area (Å²) in [6.45, 7) is 3.47. The monoisotopic (exact) mass is 370 g/mol. The Balaban J connectivity index is 1.63. The first kappa shape index (κ1) is 18.4. The fraction of sp³-hybridized carbons (Fsp3) is 0.300. The van der Waals surface area contributed by atoms with E-state index in [1.165, 1.54) is 0 Å². The van der Waals surface area contributed by atoms with Gasteiger partial charge in [0.15, 0.2) is 0 Å². The van der Waals surface area contributed by atoms with E-state index in [4.69, 9.17) is 9.47 Å². The molecule has 0 aliphatic carbocycles. The first-order valence-electron chi connectivity index (χ1n) is 8.53. The summed E-state index contributed by atoms with van der Waals surface area (Å²) < 4.78 is 11.8. The van der Waals surface area contributed by atoms with Crippen LogP contribution in [0.25, 0.3) is 10.2 Å². The number of thiazole rings is 1. The Morgan fingerprint density at radius 1 is 1.15 bits per heavy atom. The molecule has 2 aromatic carbocycles. The van der Waals surface area contributed by atoms with Crippen LogP contribution in [-0.2, 0) is 4.74 Å². The van der Waals surface area contributed by atoms with Gasteiger partial charge in [0.05, 0.1) is 27.4 Å². The maximum atomic E-state index is 12.6. The Kier molecular flexibility index (Phi) is 6.20. The molecule has 1 N–H and O–H groups in total. The molecule has 136 valence electrons. The van der Waals surface area contributed by atoms with E-state index in [0.29, 0.717) is 31.1 Å². The average Bonchev–Trinajstić information content (AvgIpc) is 3.11. The minimum Gasteiger partial charge on any atom is -0.490 e. The molecule has 3 aromatic rings.